The molecule has 0 aliphatic carbocycles. The summed E-state index contributed by atoms with van der Waals surface area (Å²) in [5.74, 6) is -4.05. The highest BCUT2D eigenvalue weighted by Crippen LogP contribution is 2.40. The van der Waals surface area contributed by atoms with Gasteiger partial charge in [-0.2, -0.15) is 0 Å². The van der Waals surface area contributed by atoms with Gasteiger partial charge in [-0.3, -0.25) is 33.6 Å². The zero-order chi connectivity index (χ0) is 96.8. The smallest absolute Gasteiger partial charge is 0.220 e. The minimum atomic E-state index is -2.33. The fraction of sp³-hybridized carbons (Fsp3) is 0.917. The highest BCUT2D eigenvalue weighted by molar-refractivity contribution is 5.78. The number of carbonyl (C=O) groups excluding carboxylic acids is 7. The summed E-state index contributed by atoms with van der Waals surface area (Å²) in [5, 5.41) is 193. The third-order valence-corrected chi connectivity index (χ3v) is 24.8. The number of aliphatic hydroxyl groups excluding tert-OH is 14. The number of unbranched alkanes of at least 4 members (excludes halogenated alkanes) is 14. The van der Waals surface area contributed by atoms with Gasteiger partial charge in [0.25, 0.3) is 0 Å². The number of amides is 7. The Labute approximate surface area is 773 Å². The molecule has 770 valence electrons. The van der Waals surface area contributed by atoms with Crippen molar-refractivity contribution in [3.05, 3.63) is 0 Å². The molecule has 35 unspecified atom stereocenters. The number of nitrogens with two attached hydrogens (primary N) is 7. The van der Waals surface area contributed by atoms with Crippen LogP contribution in [0.2, 0.25) is 0 Å². The van der Waals surface area contributed by atoms with Crippen LogP contribution >= 0.6 is 0 Å². The second-order valence-corrected chi connectivity index (χ2v) is 35.2. The van der Waals surface area contributed by atoms with Crippen molar-refractivity contribution >= 4 is 41.4 Å². The molecule has 0 aromatic carbocycles. The molecule has 21 saturated heterocycles. The molecule has 0 aromatic heterocycles. The van der Waals surface area contributed by atoms with Crippen LogP contribution in [-0.2, 0) is 99.9 Å². The first-order valence-electron chi connectivity index (χ1n) is 47.4. The number of hydrogen-bond donors (Lipinski definition) is 28. The first kappa shape index (κ1) is 113. The molecule has 7 amide bonds. The molecule has 21 aliphatic heterocycles. The van der Waals surface area contributed by atoms with Crippen LogP contribution in [0.3, 0.4) is 0 Å². The van der Waals surface area contributed by atoms with Crippen LogP contribution in [0.25, 0.3) is 0 Å². The third-order valence-electron chi connectivity index (χ3n) is 24.8. The molecule has 21 heterocycles. The van der Waals surface area contributed by atoms with Crippen molar-refractivity contribution in [2.75, 3.05) is 91.6 Å². The van der Waals surface area contributed by atoms with Gasteiger partial charge in [0.1, 0.15) is 171 Å². The van der Waals surface area contributed by atoms with E-state index in [0.29, 0.717) is 181 Å². The van der Waals surface area contributed by atoms with Gasteiger partial charge in [0, 0.05) is 90.8 Å². The van der Waals surface area contributed by atoms with Crippen molar-refractivity contribution in [2.45, 2.75) is 395 Å². The third kappa shape index (κ3) is 34.4. The Kier molecular flexibility index (Phi) is 50.6. The molecule has 0 radical (unpaired) electrons. The highest BCUT2D eigenvalue weighted by atomic mass is 16.8. The molecule has 49 nitrogen and oxygen atoms in total. The lowest BCUT2D eigenvalue weighted by atomic mass is 9.94. The molecule has 0 saturated carbocycles. The van der Waals surface area contributed by atoms with Crippen LogP contribution in [0, 0.1) is 0 Å². The first-order valence-corrected chi connectivity index (χ1v) is 47.4. The minimum absolute atomic E-state index is 0.0744. The summed E-state index contributed by atoms with van der Waals surface area (Å²) in [7, 11) is 0. The number of hydrogen-bond acceptors (Lipinski definition) is 42. The van der Waals surface area contributed by atoms with Crippen molar-refractivity contribution in [3.8, 4) is 0 Å². The van der Waals surface area contributed by atoms with Gasteiger partial charge in [-0.05, 0) is 136 Å². The van der Waals surface area contributed by atoms with Gasteiger partial charge in [0.05, 0.1) is 0 Å². The van der Waals surface area contributed by atoms with E-state index >= 15 is 0 Å². The van der Waals surface area contributed by atoms with E-state index in [4.69, 9.17) is 106 Å². The Morgan fingerprint density at radius 1 is 0.165 bits per heavy atom. The largest absolute Gasteiger partial charge is 0.387 e. The van der Waals surface area contributed by atoms with Crippen LogP contribution in [0.1, 0.15) is 180 Å². The summed E-state index contributed by atoms with van der Waals surface area (Å²) < 4.78 is 89.4. The summed E-state index contributed by atoms with van der Waals surface area (Å²) in [5.41, 5.74) is 40.1. The van der Waals surface area contributed by atoms with Gasteiger partial charge in [-0.25, -0.2) is 0 Å². The number of aliphatic hydroxyl groups is 14. The van der Waals surface area contributed by atoms with Crippen LogP contribution in [-0.4, -0.2) is 419 Å². The SMILES string of the molecule is NCCCCCC(=O)NCC1OC2OC3C(CNC(=O)CCCCCN)OC(OC4C(CNC(=O)CCCCCN)OC(OC5C(CNC(=O)CCCCCN)OC(OC6C(CNC(=O)CCCCCN)OC(OC7C(CNC(=O)CCCCCN)OC(OC8C(CNC(=O)CCCCCN)OC(OC1C(O)C2O)C(O)C8O)C(O)C7O)C(O)C6O)C(O)C5O)C(O)C4O)C(O)C3O. The summed E-state index contributed by atoms with van der Waals surface area (Å²) in [6.07, 6.45) is -63.7. The monoisotopic (exact) mass is 1920 g/mol. The average Bonchev–Trinajstić information content (AvgIpc) is 0.894. The van der Waals surface area contributed by atoms with E-state index in [9.17, 15) is 105 Å². The van der Waals surface area contributed by atoms with Gasteiger partial charge in [-0.15, -0.1) is 0 Å². The summed E-state index contributed by atoms with van der Waals surface area (Å²) >= 11 is 0. The molecular weight excluding hydrogens is 1760 g/mol. The maximum Gasteiger partial charge on any atom is 0.220 e. The van der Waals surface area contributed by atoms with Gasteiger partial charge < -0.3 is 215 Å². The van der Waals surface area contributed by atoms with Gasteiger partial charge >= 0.3 is 0 Å². The van der Waals surface area contributed by atoms with Crippen molar-refractivity contribution in [2.24, 2.45) is 40.1 Å². The van der Waals surface area contributed by atoms with Crippen LogP contribution in [0.5, 0.6) is 0 Å². The van der Waals surface area contributed by atoms with Gasteiger partial charge in [-0.1, -0.05) is 44.9 Å². The lowest BCUT2D eigenvalue weighted by Gasteiger charge is -2.50. The topological polar surface area (TPSA) is 798 Å². The van der Waals surface area contributed by atoms with E-state index in [0.717, 1.165) is 0 Å². The van der Waals surface area contributed by atoms with Crippen LogP contribution < -0.4 is 77.4 Å². The summed E-state index contributed by atoms with van der Waals surface area (Å²) in [6.45, 7) is -2.10. The molecule has 0 aromatic rings. The normalized spacial score (nSPS) is 36.7. The van der Waals surface area contributed by atoms with Gasteiger partial charge in [0.2, 0.25) is 41.4 Å². The minimum Gasteiger partial charge on any atom is -0.387 e. The molecule has 21 fully saturated rings. The summed E-state index contributed by atoms with van der Waals surface area (Å²) in [4.78, 5) is 96.0. The van der Waals surface area contributed by atoms with E-state index in [2.05, 4.69) is 37.2 Å². The zero-order valence-corrected chi connectivity index (χ0v) is 75.8. The Bertz CT molecular complexity index is 2790. The van der Waals surface area contributed by atoms with Crippen molar-refractivity contribution in [1.82, 2.24) is 37.2 Å². The average molecular weight is 1920 g/mol. The lowest BCUT2D eigenvalue weighted by molar-refractivity contribution is -0.391. The van der Waals surface area contributed by atoms with E-state index < -0.39 is 302 Å². The lowest BCUT2D eigenvalue weighted by Crippen LogP contribution is -2.69. The Morgan fingerprint density at radius 3 is 0.383 bits per heavy atom. The highest BCUT2D eigenvalue weighted by Gasteiger charge is 2.60. The fourth-order valence-electron chi connectivity index (χ4n) is 16.9. The maximum absolute atomic E-state index is 13.7. The van der Waals surface area contributed by atoms with Crippen molar-refractivity contribution in [1.29, 1.82) is 0 Å². The molecular formula is C84H154N14O35. The van der Waals surface area contributed by atoms with Crippen molar-refractivity contribution in [3.63, 3.8) is 0 Å². The number of carbonyl (C=O) groups is 7. The predicted molar refractivity (Wildman–Crippen MR) is 463 cm³/mol. The summed E-state index contributed by atoms with van der Waals surface area (Å²) in [6, 6.07) is 0. The molecule has 21 rings (SSSR count). The molecule has 21 aliphatic rings. The van der Waals surface area contributed by atoms with E-state index in [1.165, 1.54) is 0 Å². The second kappa shape index (κ2) is 59.5. The maximum atomic E-state index is 13.7. The Balaban J connectivity index is 1.26. The molecule has 14 bridgehead atoms. The first-order chi connectivity index (χ1) is 63.9. The zero-order valence-electron chi connectivity index (χ0n) is 75.8. The van der Waals surface area contributed by atoms with Crippen LogP contribution in [0.15, 0.2) is 0 Å². The fourth-order valence-corrected chi connectivity index (χ4v) is 16.9. The molecule has 0 spiro atoms. The van der Waals surface area contributed by atoms with E-state index in [-0.39, 0.29) is 44.9 Å². The Morgan fingerprint density at radius 2 is 0.278 bits per heavy atom. The molecule has 133 heavy (non-hydrogen) atoms. The number of ether oxygens (including phenoxy) is 14. The number of rotatable bonds is 49. The molecule has 35 atom stereocenters. The van der Waals surface area contributed by atoms with E-state index in [1.54, 1.807) is 0 Å². The van der Waals surface area contributed by atoms with Crippen molar-refractivity contribution < 1.29 is 171 Å². The Hall–Kier alpha value is -5.11. The van der Waals surface area contributed by atoms with Gasteiger partial charge in [0.15, 0.2) is 44.0 Å². The molecule has 49 heteroatoms. The second-order valence-electron chi connectivity index (χ2n) is 35.2. The molecule has 35 N–H and O–H groups in total. The van der Waals surface area contributed by atoms with E-state index in [1.807, 2.05) is 0 Å². The quantitative estimate of drug-likeness (QED) is 0.0252. The standard InChI is InChI=1S/C84H154N14O35/c85-29-15-1-8-22-50(99)92-36-43-71-57(106)64(113)78(120-43)128-72-44(37-93-51(100)23-9-2-16-30-86)122-80(66(115)59(72)108)130-74-46(39-95-53(102)25-11-4-18-32-88)124-82(68(117)61(74)110)132-76-48(41-97-55(104)27-13-6-20-34-90)126-84(70(119)63(76)112)133-77-49(42-98-56(105)28-14-7-21-35-91)125-83(69(118)62(77)111)131-75-47(40-96-54(103)26-12-5-19-33-89)123-81(67(116)60(75)109)129-73-45(121-79(127-71)65(114)58(73)107)38-94-52(101)24-10-3-17-31-87/h43-49,57-84,106-119H,1-42,85-91H2,(H,92,99)(H,93,100)(H,94,101)(H,95,102)(H,96,103)(H,97,104)(H,98,105). The predicted octanol–water partition coefficient (Wildman–Crippen LogP) is -10.7. The van der Waals surface area contributed by atoms with Crippen LogP contribution in [0.4, 0.5) is 0 Å². The number of nitrogens with one attached hydrogen (secondary N) is 7.